The number of nitrogens with two attached hydrogens (primary N) is 1. The van der Waals surface area contributed by atoms with Crippen LogP contribution in [-0.2, 0) is 6.42 Å². The smallest absolute Gasteiger partial charge is 0.133 e. The third-order valence-electron chi connectivity index (χ3n) is 2.79. The molecule has 0 aromatic carbocycles. The van der Waals surface area contributed by atoms with Crippen LogP contribution in [0, 0.1) is 0 Å². The molecule has 0 unspecified atom stereocenters. The first-order valence-corrected chi connectivity index (χ1v) is 5.39. The first kappa shape index (κ1) is 10.0. The maximum Gasteiger partial charge on any atom is 0.133 e. The molecule has 2 heterocycles. The van der Waals surface area contributed by atoms with E-state index in [2.05, 4.69) is 36.5 Å². The number of hydrogen-bond donors (Lipinski definition) is 1. The van der Waals surface area contributed by atoms with E-state index >= 15 is 0 Å². The molecule has 0 aliphatic heterocycles. The lowest BCUT2D eigenvalue weighted by molar-refractivity contribution is 0.621. The van der Waals surface area contributed by atoms with Crippen LogP contribution in [0.25, 0.3) is 10.9 Å². The first-order valence-electron chi connectivity index (χ1n) is 5.39. The zero-order valence-corrected chi connectivity index (χ0v) is 9.49. The second kappa shape index (κ2) is 3.57. The van der Waals surface area contributed by atoms with Gasteiger partial charge < -0.3 is 10.3 Å². The predicted octanol–water partition coefficient (Wildman–Crippen LogP) is 2.76. The number of nitrogens with zero attached hydrogens (tertiary/aromatic N) is 2. The van der Waals surface area contributed by atoms with Crippen molar-refractivity contribution in [3.63, 3.8) is 0 Å². The molecule has 15 heavy (non-hydrogen) atoms. The monoisotopic (exact) mass is 203 g/mol. The molecular formula is C12H17N3. The largest absolute Gasteiger partial charge is 0.383 e. The van der Waals surface area contributed by atoms with Crippen molar-refractivity contribution in [1.29, 1.82) is 0 Å². The quantitative estimate of drug-likeness (QED) is 0.815. The highest BCUT2D eigenvalue weighted by Crippen LogP contribution is 2.28. The summed E-state index contributed by atoms with van der Waals surface area (Å²) in [5.41, 5.74) is 8.39. The van der Waals surface area contributed by atoms with Gasteiger partial charge in [0.25, 0.3) is 0 Å². The van der Waals surface area contributed by atoms with E-state index in [-0.39, 0.29) is 0 Å². The first-order chi connectivity index (χ1) is 7.15. The molecular weight excluding hydrogens is 186 g/mol. The van der Waals surface area contributed by atoms with E-state index in [4.69, 9.17) is 5.73 Å². The number of nitrogen functional groups attached to an aromatic ring is 1. The van der Waals surface area contributed by atoms with Crippen molar-refractivity contribution in [2.45, 2.75) is 33.2 Å². The molecule has 0 bridgehead atoms. The standard InChI is InChI=1S/C12H17N3/c1-4-9-7-15(8(2)3)10-5-6-14-12(13)11(9)10/h5-8H,4H2,1-3H3,(H2,13,14). The Morgan fingerprint density at radius 1 is 1.47 bits per heavy atom. The Morgan fingerprint density at radius 3 is 2.80 bits per heavy atom. The molecule has 0 aliphatic rings. The summed E-state index contributed by atoms with van der Waals surface area (Å²) >= 11 is 0. The summed E-state index contributed by atoms with van der Waals surface area (Å²) in [7, 11) is 0. The van der Waals surface area contributed by atoms with Crippen molar-refractivity contribution in [2.75, 3.05) is 5.73 Å². The van der Waals surface area contributed by atoms with Crippen LogP contribution in [-0.4, -0.2) is 9.55 Å². The zero-order valence-electron chi connectivity index (χ0n) is 9.49. The summed E-state index contributed by atoms with van der Waals surface area (Å²) in [4.78, 5) is 4.15. The van der Waals surface area contributed by atoms with Crippen LogP contribution in [0.2, 0.25) is 0 Å². The fourth-order valence-corrected chi connectivity index (χ4v) is 2.01. The Bertz CT molecular complexity index is 483. The number of fused-ring (bicyclic) bond motifs is 1. The van der Waals surface area contributed by atoms with E-state index in [9.17, 15) is 0 Å². The number of rotatable bonds is 2. The van der Waals surface area contributed by atoms with Crippen LogP contribution < -0.4 is 5.73 Å². The summed E-state index contributed by atoms with van der Waals surface area (Å²) in [6.07, 6.45) is 4.95. The Kier molecular flexibility index (Phi) is 2.39. The van der Waals surface area contributed by atoms with Crippen molar-refractivity contribution >= 4 is 16.7 Å². The minimum Gasteiger partial charge on any atom is -0.383 e. The molecule has 0 atom stereocenters. The zero-order chi connectivity index (χ0) is 11.0. The van der Waals surface area contributed by atoms with Crippen LogP contribution in [0.15, 0.2) is 18.5 Å². The Labute approximate surface area is 89.9 Å². The number of aryl methyl sites for hydroxylation is 1. The average Bonchev–Trinajstić information content (AvgIpc) is 2.58. The van der Waals surface area contributed by atoms with Gasteiger partial charge in [-0.05, 0) is 31.9 Å². The normalized spacial score (nSPS) is 11.5. The Hall–Kier alpha value is -1.51. The van der Waals surface area contributed by atoms with E-state index in [1.807, 2.05) is 6.07 Å². The van der Waals surface area contributed by atoms with Crippen LogP contribution >= 0.6 is 0 Å². The van der Waals surface area contributed by atoms with Gasteiger partial charge in [0.2, 0.25) is 0 Å². The fourth-order valence-electron chi connectivity index (χ4n) is 2.01. The maximum atomic E-state index is 5.92. The van der Waals surface area contributed by atoms with Gasteiger partial charge in [-0.25, -0.2) is 4.98 Å². The van der Waals surface area contributed by atoms with Gasteiger partial charge in [-0.2, -0.15) is 0 Å². The minimum atomic E-state index is 0.453. The lowest BCUT2D eigenvalue weighted by Crippen LogP contribution is -1.98. The molecule has 2 aromatic heterocycles. The van der Waals surface area contributed by atoms with Gasteiger partial charge in [-0.3, -0.25) is 0 Å². The van der Waals surface area contributed by atoms with Crippen LogP contribution in [0.1, 0.15) is 32.4 Å². The van der Waals surface area contributed by atoms with Crippen molar-refractivity contribution in [3.8, 4) is 0 Å². The molecule has 80 valence electrons. The third-order valence-corrected chi connectivity index (χ3v) is 2.79. The summed E-state index contributed by atoms with van der Waals surface area (Å²) in [6, 6.07) is 2.49. The van der Waals surface area contributed by atoms with E-state index < -0.39 is 0 Å². The van der Waals surface area contributed by atoms with Crippen LogP contribution in [0.5, 0.6) is 0 Å². The van der Waals surface area contributed by atoms with Crippen molar-refractivity contribution in [1.82, 2.24) is 9.55 Å². The maximum absolute atomic E-state index is 5.92. The molecule has 3 heteroatoms. The second-order valence-electron chi connectivity index (χ2n) is 4.10. The molecule has 3 nitrogen and oxygen atoms in total. The number of hydrogen-bond acceptors (Lipinski definition) is 2. The lowest BCUT2D eigenvalue weighted by Gasteiger charge is -2.08. The Balaban J connectivity index is 2.81. The topological polar surface area (TPSA) is 43.8 Å². The molecule has 0 saturated carbocycles. The molecule has 2 aromatic rings. The summed E-state index contributed by atoms with van der Waals surface area (Å²) < 4.78 is 2.26. The van der Waals surface area contributed by atoms with Crippen LogP contribution in [0.3, 0.4) is 0 Å². The summed E-state index contributed by atoms with van der Waals surface area (Å²) in [5, 5.41) is 1.12. The van der Waals surface area contributed by atoms with E-state index in [1.165, 1.54) is 11.1 Å². The highest BCUT2D eigenvalue weighted by molar-refractivity contribution is 5.92. The molecule has 2 N–H and O–H groups in total. The summed E-state index contributed by atoms with van der Waals surface area (Å²) in [6.45, 7) is 6.50. The SMILES string of the molecule is CCc1cn(C(C)C)c2ccnc(N)c12. The second-order valence-corrected chi connectivity index (χ2v) is 4.10. The van der Waals surface area contributed by atoms with Crippen molar-refractivity contribution in [3.05, 3.63) is 24.0 Å². The van der Waals surface area contributed by atoms with Gasteiger partial charge in [-0.1, -0.05) is 6.92 Å². The minimum absolute atomic E-state index is 0.453. The summed E-state index contributed by atoms with van der Waals surface area (Å²) in [5.74, 6) is 0.642. The van der Waals surface area contributed by atoms with Gasteiger partial charge in [0.1, 0.15) is 5.82 Å². The molecule has 0 spiro atoms. The van der Waals surface area contributed by atoms with Crippen molar-refractivity contribution < 1.29 is 0 Å². The molecule has 0 radical (unpaired) electrons. The third kappa shape index (κ3) is 1.48. The predicted molar refractivity (Wildman–Crippen MR) is 63.9 cm³/mol. The van der Waals surface area contributed by atoms with Gasteiger partial charge >= 0.3 is 0 Å². The molecule has 0 saturated heterocycles. The van der Waals surface area contributed by atoms with E-state index in [0.29, 0.717) is 11.9 Å². The van der Waals surface area contributed by atoms with Crippen molar-refractivity contribution in [2.24, 2.45) is 0 Å². The molecule has 2 rings (SSSR count). The fraction of sp³-hybridized carbons (Fsp3) is 0.417. The van der Waals surface area contributed by atoms with E-state index in [1.54, 1.807) is 6.20 Å². The van der Waals surface area contributed by atoms with Gasteiger partial charge in [0.15, 0.2) is 0 Å². The van der Waals surface area contributed by atoms with Gasteiger partial charge in [0.05, 0.1) is 5.52 Å². The number of pyridine rings is 1. The van der Waals surface area contributed by atoms with Gasteiger partial charge in [-0.15, -0.1) is 0 Å². The van der Waals surface area contributed by atoms with Gasteiger partial charge in [0, 0.05) is 23.8 Å². The highest BCUT2D eigenvalue weighted by atomic mass is 15.0. The number of aromatic nitrogens is 2. The molecule has 0 amide bonds. The molecule has 0 fully saturated rings. The Morgan fingerprint density at radius 2 is 2.20 bits per heavy atom. The molecule has 0 aliphatic carbocycles. The van der Waals surface area contributed by atoms with E-state index in [0.717, 1.165) is 11.8 Å². The van der Waals surface area contributed by atoms with Crippen LogP contribution in [0.4, 0.5) is 5.82 Å². The highest BCUT2D eigenvalue weighted by Gasteiger charge is 2.11. The number of anilines is 1. The average molecular weight is 203 g/mol. The lowest BCUT2D eigenvalue weighted by atomic mass is 10.1.